The van der Waals surface area contributed by atoms with Gasteiger partial charge >= 0.3 is 0 Å². The maximum Gasteiger partial charge on any atom is 0.232 e. The third-order valence-corrected chi connectivity index (χ3v) is 1.87. The van der Waals surface area contributed by atoms with Crippen molar-refractivity contribution >= 4 is 12.2 Å². The number of aldehydes is 1. The zero-order valence-corrected chi connectivity index (χ0v) is 6.04. The summed E-state index contributed by atoms with van der Waals surface area (Å²) in [6.45, 7) is 0.795. The molecule has 0 spiro atoms. The van der Waals surface area contributed by atoms with Crippen molar-refractivity contribution in [1.82, 2.24) is 4.90 Å². The topological polar surface area (TPSA) is 37.4 Å². The lowest BCUT2D eigenvalue weighted by Gasteiger charge is -2.25. The van der Waals surface area contributed by atoms with Crippen LogP contribution in [0.1, 0.15) is 12.8 Å². The minimum Gasteiger partial charge on any atom is -0.345 e. The van der Waals surface area contributed by atoms with Crippen molar-refractivity contribution in [3.63, 3.8) is 0 Å². The summed E-state index contributed by atoms with van der Waals surface area (Å²) in [5, 5.41) is 0. The van der Waals surface area contributed by atoms with Crippen LogP contribution in [0.4, 0.5) is 0 Å². The summed E-state index contributed by atoms with van der Waals surface area (Å²) in [7, 11) is 1.73. The number of hydrogen-bond donors (Lipinski definition) is 0. The van der Waals surface area contributed by atoms with Gasteiger partial charge in [0.15, 0.2) is 0 Å². The summed E-state index contributed by atoms with van der Waals surface area (Å²) in [6.07, 6.45) is 2.43. The van der Waals surface area contributed by atoms with Crippen molar-refractivity contribution in [3.8, 4) is 0 Å². The maximum absolute atomic E-state index is 11.1. The van der Waals surface area contributed by atoms with Crippen LogP contribution in [0.5, 0.6) is 0 Å². The number of rotatable bonds is 1. The molecule has 0 N–H and O–H groups in total. The molecule has 1 rings (SSSR count). The molecule has 0 aromatic heterocycles. The number of carbonyl (C=O) groups excluding carboxylic acids is 2. The van der Waals surface area contributed by atoms with Crippen LogP contribution in [-0.4, -0.2) is 30.7 Å². The largest absolute Gasteiger partial charge is 0.345 e. The molecular formula is C7H11NO2. The predicted molar refractivity (Wildman–Crippen MR) is 36.4 cm³/mol. The summed E-state index contributed by atoms with van der Waals surface area (Å²) < 4.78 is 0. The average Bonchev–Trinajstić information content (AvgIpc) is 1.95. The first-order chi connectivity index (χ1) is 4.75. The van der Waals surface area contributed by atoms with Gasteiger partial charge in [-0.05, 0) is 12.8 Å². The van der Waals surface area contributed by atoms with Crippen molar-refractivity contribution in [1.29, 1.82) is 0 Å². The Morgan fingerprint density at radius 2 is 2.40 bits per heavy atom. The van der Waals surface area contributed by atoms with Crippen LogP contribution in [0.2, 0.25) is 0 Å². The summed E-state index contributed by atoms with van der Waals surface area (Å²) in [6, 6.07) is 0. The van der Waals surface area contributed by atoms with Crippen LogP contribution < -0.4 is 0 Å². The number of piperidine rings is 1. The molecular weight excluding hydrogens is 130 g/mol. The lowest BCUT2D eigenvalue weighted by molar-refractivity contribution is -0.139. The van der Waals surface area contributed by atoms with E-state index in [0.29, 0.717) is 0 Å². The van der Waals surface area contributed by atoms with Crippen LogP contribution in [0.25, 0.3) is 0 Å². The maximum atomic E-state index is 11.1. The van der Waals surface area contributed by atoms with Gasteiger partial charge in [0.25, 0.3) is 0 Å². The fourth-order valence-electron chi connectivity index (χ4n) is 1.19. The normalized spacial score (nSPS) is 26.7. The zero-order chi connectivity index (χ0) is 7.56. The van der Waals surface area contributed by atoms with Crippen molar-refractivity contribution in [2.45, 2.75) is 12.8 Å². The Balaban J connectivity index is 2.59. The monoisotopic (exact) mass is 141 g/mol. The van der Waals surface area contributed by atoms with Gasteiger partial charge in [0.05, 0.1) is 5.92 Å². The molecule has 1 fully saturated rings. The van der Waals surface area contributed by atoms with Gasteiger partial charge in [0.2, 0.25) is 5.91 Å². The van der Waals surface area contributed by atoms with Gasteiger partial charge in [-0.3, -0.25) is 4.79 Å². The average molecular weight is 141 g/mol. The second kappa shape index (κ2) is 2.82. The fraction of sp³-hybridized carbons (Fsp3) is 0.714. The van der Waals surface area contributed by atoms with E-state index in [2.05, 4.69) is 0 Å². The van der Waals surface area contributed by atoms with Gasteiger partial charge in [-0.15, -0.1) is 0 Å². The van der Waals surface area contributed by atoms with E-state index >= 15 is 0 Å². The molecule has 1 heterocycles. The summed E-state index contributed by atoms with van der Waals surface area (Å²) in [5.41, 5.74) is 0. The van der Waals surface area contributed by atoms with E-state index in [4.69, 9.17) is 0 Å². The summed E-state index contributed by atoms with van der Waals surface area (Å²) in [5.74, 6) is -0.389. The number of amides is 1. The number of hydrogen-bond acceptors (Lipinski definition) is 2. The van der Waals surface area contributed by atoms with Crippen molar-refractivity contribution in [3.05, 3.63) is 0 Å². The van der Waals surface area contributed by atoms with Crippen LogP contribution in [0.3, 0.4) is 0 Å². The number of nitrogens with zero attached hydrogens (tertiary/aromatic N) is 1. The van der Waals surface area contributed by atoms with E-state index in [1.807, 2.05) is 0 Å². The van der Waals surface area contributed by atoms with Gasteiger partial charge < -0.3 is 9.69 Å². The lowest BCUT2D eigenvalue weighted by atomic mass is 9.99. The van der Waals surface area contributed by atoms with Crippen LogP contribution in [0.15, 0.2) is 0 Å². The standard InChI is InChI=1S/C7H11NO2/c1-8-4-2-3-6(5-9)7(8)10/h5-6H,2-4H2,1H3. The van der Waals surface area contributed by atoms with Gasteiger partial charge in [-0.25, -0.2) is 0 Å². The number of likely N-dealkylation sites (tertiary alicyclic amines) is 1. The molecule has 1 aliphatic heterocycles. The van der Waals surface area contributed by atoms with Gasteiger partial charge in [-0.1, -0.05) is 0 Å². The predicted octanol–water partition coefficient (Wildman–Crippen LogP) is 0.0537. The molecule has 0 aromatic carbocycles. The van der Waals surface area contributed by atoms with Crippen LogP contribution in [-0.2, 0) is 9.59 Å². The Morgan fingerprint density at radius 1 is 1.70 bits per heavy atom. The van der Waals surface area contributed by atoms with Gasteiger partial charge in [0.1, 0.15) is 6.29 Å². The van der Waals surface area contributed by atoms with Crippen molar-refractivity contribution in [2.24, 2.45) is 5.92 Å². The highest BCUT2D eigenvalue weighted by molar-refractivity contribution is 5.91. The second-order valence-corrected chi connectivity index (χ2v) is 2.64. The zero-order valence-electron chi connectivity index (χ0n) is 6.04. The van der Waals surface area contributed by atoms with Crippen molar-refractivity contribution in [2.75, 3.05) is 13.6 Å². The summed E-state index contributed by atoms with van der Waals surface area (Å²) >= 11 is 0. The summed E-state index contributed by atoms with van der Waals surface area (Å²) in [4.78, 5) is 22.9. The SMILES string of the molecule is CN1CCCC(C=O)C1=O. The lowest BCUT2D eigenvalue weighted by Crippen LogP contribution is -2.38. The molecule has 10 heavy (non-hydrogen) atoms. The highest BCUT2D eigenvalue weighted by Gasteiger charge is 2.25. The fourth-order valence-corrected chi connectivity index (χ4v) is 1.19. The molecule has 56 valence electrons. The van der Waals surface area contributed by atoms with E-state index in [0.717, 1.165) is 25.7 Å². The Bertz CT molecular complexity index is 156. The highest BCUT2D eigenvalue weighted by atomic mass is 16.2. The molecule has 1 unspecified atom stereocenters. The molecule has 1 amide bonds. The first-order valence-corrected chi connectivity index (χ1v) is 3.46. The number of carbonyl (C=O) groups is 2. The molecule has 1 saturated heterocycles. The third-order valence-electron chi connectivity index (χ3n) is 1.87. The van der Waals surface area contributed by atoms with E-state index in [9.17, 15) is 9.59 Å². The van der Waals surface area contributed by atoms with Crippen LogP contribution in [0, 0.1) is 5.92 Å². The molecule has 0 aliphatic carbocycles. The molecule has 0 aromatic rings. The molecule has 0 radical (unpaired) electrons. The van der Waals surface area contributed by atoms with E-state index < -0.39 is 0 Å². The third kappa shape index (κ3) is 1.17. The Morgan fingerprint density at radius 3 is 2.90 bits per heavy atom. The smallest absolute Gasteiger partial charge is 0.232 e. The molecule has 0 saturated carbocycles. The molecule has 1 atom stereocenters. The van der Waals surface area contributed by atoms with Gasteiger partial charge in [-0.2, -0.15) is 0 Å². The molecule has 0 bridgehead atoms. The Labute approximate surface area is 60.0 Å². The van der Waals surface area contributed by atoms with E-state index in [-0.39, 0.29) is 11.8 Å². The van der Waals surface area contributed by atoms with Crippen molar-refractivity contribution < 1.29 is 9.59 Å². The Kier molecular flexibility index (Phi) is 2.04. The quantitative estimate of drug-likeness (QED) is 0.382. The second-order valence-electron chi connectivity index (χ2n) is 2.64. The first kappa shape index (κ1) is 7.25. The Hall–Kier alpha value is -0.860. The minimum atomic E-state index is -0.362. The molecule has 3 heteroatoms. The van der Waals surface area contributed by atoms with Gasteiger partial charge in [0, 0.05) is 13.6 Å². The molecule has 1 aliphatic rings. The van der Waals surface area contributed by atoms with E-state index in [1.54, 1.807) is 11.9 Å². The highest BCUT2D eigenvalue weighted by Crippen LogP contribution is 2.13. The van der Waals surface area contributed by atoms with E-state index in [1.165, 1.54) is 0 Å². The first-order valence-electron chi connectivity index (χ1n) is 3.46. The van der Waals surface area contributed by atoms with Crippen LogP contribution >= 0.6 is 0 Å². The minimum absolute atomic E-state index is 0.0266. The molecule has 3 nitrogen and oxygen atoms in total.